The molecule has 0 heterocycles. The monoisotopic (exact) mass is 400 g/mol. The van der Waals surface area contributed by atoms with E-state index in [4.69, 9.17) is 23.2 Å². The van der Waals surface area contributed by atoms with E-state index in [1.807, 2.05) is 0 Å². The van der Waals surface area contributed by atoms with E-state index in [0.717, 1.165) is 0 Å². The van der Waals surface area contributed by atoms with E-state index in [2.05, 4.69) is 10.6 Å². The molecular formula is C17H15Cl2FN2O2S. The molecule has 1 atom stereocenters. The second-order valence-electron chi connectivity index (χ2n) is 5.16. The van der Waals surface area contributed by atoms with Crippen molar-refractivity contribution in [3.05, 3.63) is 58.3 Å². The molecule has 2 aromatic rings. The zero-order valence-corrected chi connectivity index (χ0v) is 15.5. The van der Waals surface area contributed by atoms with E-state index in [-0.39, 0.29) is 23.4 Å². The van der Waals surface area contributed by atoms with Gasteiger partial charge in [-0.25, -0.2) is 4.39 Å². The highest BCUT2D eigenvalue weighted by Gasteiger charge is 2.16. The highest BCUT2D eigenvalue weighted by molar-refractivity contribution is 8.01. The number of carbonyl (C=O) groups is 2. The van der Waals surface area contributed by atoms with Crippen LogP contribution in [-0.2, 0) is 9.59 Å². The molecule has 2 rings (SSSR count). The molecule has 2 aromatic carbocycles. The molecule has 0 saturated heterocycles. The maximum Gasteiger partial charge on any atom is 0.237 e. The Bertz CT molecular complexity index is 751. The van der Waals surface area contributed by atoms with Crippen molar-refractivity contribution in [1.29, 1.82) is 0 Å². The predicted octanol–water partition coefficient (Wildman–Crippen LogP) is 4.83. The van der Waals surface area contributed by atoms with E-state index in [1.165, 1.54) is 36.0 Å². The normalized spacial score (nSPS) is 11.7. The molecule has 0 fully saturated rings. The predicted molar refractivity (Wildman–Crippen MR) is 102 cm³/mol. The molecule has 4 nitrogen and oxygen atoms in total. The van der Waals surface area contributed by atoms with Crippen LogP contribution < -0.4 is 10.6 Å². The van der Waals surface area contributed by atoms with Crippen molar-refractivity contribution in [2.24, 2.45) is 0 Å². The van der Waals surface area contributed by atoms with Crippen LogP contribution in [0.5, 0.6) is 0 Å². The fourth-order valence-electron chi connectivity index (χ4n) is 1.88. The Morgan fingerprint density at radius 3 is 2.24 bits per heavy atom. The summed E-state index contributed by atoms with van der Waals surface area (Å²) >= 11 is 12.9. The van der Waals surface area contributed by atoms with Gasteiger partial charge in [-0.05, 0) is 49.4 Å². The third-order valence-corrected chi connectivity index (χ3v) is 4.67. The minimum atomic E-state index is -0.461. The lowest BCUT2D eigenvalue weighted by Crippen LogP contribution is -2.25. The first-order valence-corrected chi connectivity index (χ1v) is 9.08. The Labute approximate surface area is 159 Å². The lowest BCUT2D eigenvalue weighted by Gasteiger charge is -2.12. The van der Waals surface area contributed by atoms with Gasteiger partial charge in [0.2, 0.25) is 11.8 Å². The maximum absolute atomic E-state index is 12.8. The van der Waals surface area contributed by atoms with Gasteiger partial charge in [0.05, 0.1) is 11.0 Å². The van der Waals surface area contributed by atoms with E-state index < -0.39 is 5.25 Å². The molecule has 2 N–H and O–H groups in total. The van der Waals surface area contributed by atoms with Gasteiger partial charge < -0.3 is 10.6 Å². The quantitative estimate of drug-likeness (QED) is 0.729. The molecule has 0 saturated carbocycles. The Morgan fingerprint density at radius 2 is 1.64 bits per heavy atom. The van der Waals surface area contributed by atoms with E-state index in [0.29, 0.717) is 21.4 Å². The van der Waals surface area contributed by atoms with Gasteiger partial charge in [0, 0.05) is 21.4 Å². The lowest BCUT2D eigenvalue weighted by atomic mass is 10.3. The van der Waals surface area contributed by atoms with Crippen LogP contribution in [0.3, 0.4) is 0 Å². The van der Waals surface area contributed by atoms with Gasteiger partial charge in [-0.1, -0.05) is 23.2 Å². The van der Waals surface area contributed by atoms with Crippen molar-refractivity contribution < 1.29 is 14.0 Å². The molecule has 0 aliphatic carbocycles. The Hall–Kier alpha value is -1.76. The van der Waals surface area contributed by atoms with Crippen LogP contribution in [0.2, 0.25) is 10.0 Å². The SMILES string of the molecule is C[C@H](SCC(=O)Nc1ccc(F)cc1)C(=O)Nc1cc(Cl)cc(Cl)c1. The molecule has 0 aromatic heterocycles. The molecule has 2 amide bonds. The zero-order valence-electron chi connectivity index (χ0n) is 13.2. The number of carbonyl (C=O) groups excluding carboxylic acids is 2. The fourth-order valence-corrected chi connectivity index (χ4v) is 3.09. The van der Waals surface area contributed by atoms with Crippen molar-refractivity contribution in [2.45, 2.75) is 12.2 Å². The smallest absolute Gasteiger partial charge is 0.237 e. The largest absolute Gasteiger partial charge is 0.325 e. The molecule has 0 radical (unpaired) electrons. The van der Waals surface area contributed by atoms with Gasteiger partial charge in [-0.3, -0.25) is 9.59 Å². The zero-order chi connectivity index (χ0) is 18.4. The van der Waals surface area contributed by atoms with E-state index in [1.54, 1.807) is 25.1 Å². The Balaban J connectivity index is 1.82. The third kappa shape index (κ3) is 6.57. The van der Waals surface area contributed by atoms with Gasteiger partial charge in [0.15, 0.2) is 0 Å². The summed E-state index contributed by atoms with van der Waals surface area (Å²) in [6.45, 7) is 1.69. The molecule has 132 valence electrons. The first-order chi connectivity index (χ1) is 11.8. The van der Waals surface area contributed by atoms with Crippen LogP contribution in [0.4, 0.5) is 15.8 Å². The number of amides is 2. The molecule has 0 unspecified atom stereocenters. The first-order valence-electron chi connectivity index (χ1n) is 7.27. The van der Waals surface area contributed by atoms with Crippen molar-refractivity contribution in [3.63, 3.8) is 0 Å². The first kappa shape index (κ1) is 19.6. The third-order valence-electron chi connectivity index (χ3n) is 3.09. The fraction of sp³-hybridized carbons (Fsp3) is 0.176. The number of halogens is 3. The molecular weight excluding hydrogens is 386 g/mol. The summed E-state index contributed by atoms with van der Waals surface area (Å²) in [6, 6.07) is 10.2. The second-order valence-corrected chi connectivity index (χ2v) is 7.36. The summed E-state index contributed by atoms with van der Waals surface area (Å²) in [5.41, 5.74) is 0.989. The summed E-state index contributed by atoms with van der Waals surface area (Å²) in [4.78, 5) is 24.0. The van der Waals surface area contributed by atoms with Crippen molar-refractivity contribution in [2.75, 3.05) is 16.4 Å². The van der Waals surface area contributed by atoms with Crippen molar-refractivity contribution in [1.82, 2.24) is 0 Å². The summed E-state index contributed by atoms with van der Waals surface area (Å²) in [7, 11) is 0. The molecule has 0 aliphatic rings. The minimum absolute atomic E-state index is 0.0856. The average molecular weight is 401 g/mol. The molecule has 0 bridgehead atoms. The van der Waals surface area contributed by atoms with E-state index in [9.17, 15) is 14.0 Å². The Kier molecular flexibility index (Phi) is 7.11. The van der Waals surface area contributed by atoms with Crippen LogP contribution in [0.1, 0.15) is 6.92 Å². The standard InChI is InChI=1S/C17H15Cl2FN2O2S/c1-10(17(24)22-15-7-11(18)6-12(19)8-15)25-9-16(23)21-14-4-2-13(20)3-5-14/h2-8,10H,9H2,1H3,(H,21,23)(H,22,24)/t10-/m0/s1. The van der Waals surface area contributed by atoms with Crippen LogP contribution in [0.15, 0.2) is 42.5 Å². The van der Waals surface area contributed by atoms with Gasteiger partial charge in [-0.15, -0.1) is 11.8 Å². The van der Waals surface area contributed by atoms with E-state index >= 15 is 0 Å². The van der Waals surface area contributed by atoms with Crippen LogP contribution >= 0.6 is 35.0 Å². The number of benzene rings is 2. The van der Waals surface area contributed by atoms with Gasteiger partial charge in [0.25, 0.3) is 0 Å². The Morgan fingerprint density at radius 1 is 1.04 bits per heavy atom. The average Bonchev–Trinajstić information content (AvgIpc) is 2.53. The lowest BCUT2D eigenvalue weighted by molar-refractivity contribution is -0.115. The van der Waals surface area contributed by atoms with Crippen molar-refractivity contribution in [3.8, 4) is 0 Å². The van der Waals surface area contributed by atoms with Gasteiger partial charge in [-0.2, -0.15) is 0 Å². The summed E-state index contributed by atoms with van der Waals surface area (Å²) in [6.07, 6.45) is 0. The van der Waals surface area contributed by atoms with Crippen LogP contribution in [-0.4, -0.2) is 22.8 Å². The number of nitrogens with one attached hydrogen (secondary N) is 2. The topological polar surface area (TPSA) is 58.2 Å². The van der Waals surface area contributed by atoms with Crippen LogP contribution in [0.25, 0.3) is 0 Å². The number of hydrogen-bond acceptors (Lipinski definition) is 3. The highest BCUT2D eigenvalue weighted by Crippen LogP contribution is 2.23. The molecule has 0 aliphatic heterocycles. The summed E-state index contributed by atoms with van der Waals surface area (Å²) in [5, 5.41) is 5.71. The number of hydrogen-bond donors (Lipinski definition) is 2. The minimum Gasteiger partial charge on any atom is -0.325 e. The van der Waals surface area contributed by atoms with Crippen LogP contribution in [0, 0.1) is 5.82 Å². The van der Waals surface area contributed by atoms with Crippen molar-refractivity contribution >= 4 is 58.2 Å². The highest BCUT2D eigenvalue weighted by atomic mass is 35.5. The summed E-state index contributed by atoms with van der Waals surface area (Å²) in [5.74, 6) is -0.832. The number of thioether (sulfide) groups is 1. The van der Waals surface area contributed by atoms with Gasteiger partial charge >= 0.3 is 0 Å². The molecule has 8 heteroatoms. The second kappa shape index (κ2) is 9.08. The summed E-state index contributed by atoms with van der Waals surface area (Å²) < 4.78 is 12.8. The number of rotatable bonds is 6. The molecule has 25 heavy (non-hydrogen) atoms. The van der Waals surface area contributed by atoms with Gasteiger partial charge in [0.1, 0.15) is 5.82 Å². The maximum atomic E-state index is 12.8. The number of anilines is 2. The molecule has 0 spiro atoms.